The molecule has 0 atom stereocenters. The number of ether oxygens (including phenoxy) is 1. The Morgan fingerprint density at radius 2 is 2.13 bits per heavy atom. The lowest BCUT2D eigenvalue weighted by Crippen LogP contribution is -2.24. The molecule has 0 fully saturated rings. The number of rotatable bonds is 2. The summed E-state index contributed by atoms with van der Waals surface area (Å²) in [6.07, 6.45) is 1.08. The largest absolute Gasteiger partial charge is 0.456 e. The van der Waals surface area contributed by atoms with E-state index in [1.165, 1.54) is 6.07 Å². The third-order valence-electron chi connectivity index (χ3n) is 1.43. The Morgan fingerprint density at radius 1 is 1.53 bits per heavy atom. The molecule has 0 bridgehead atoms. The van der Waals surface area contributed by atoms with Gasteiger partial charge < -0.3 is 9.15 Å². The van der Waals surface area contributed by atoms with Crippen LogP contribution >= 0.6 is 0 Å². The molecular formula is C9H11NO5. The van der Waals surface area contributed by atoms with Crippen LogP contribution in [-0.4, -0.2) is 16.5 Å². The van der Waals surface area contributed by atoms with Crippen LogP contribution in [0, 0.1) is 10.1 Å². The van der Waals surface area contributed by atoms with Gasteiger partial charge in [-0.1, -0.05) is 0 Å². The molecule has 0 aromatic carbocycles. The molecule has 0 N–H and O–H groups in total. The van der Waals surface area contributed by atoms with Gasteiger partial charge >= 0.3 is 11.9 Å². The third kappa shape index (κ3) is 2.80. The Morgan fingerprint density at radius 3 is 2.60 bits per heavy atom. The first-order valence-electron chi connectivity index (χ1n) is 4.26. The van der Waals surface area contributed by atoms with Gasteiger partial charge in [-0.15, -0.1) is 0 Å². The summed E-state index contributed by atoms with van der Waals surface area (Å²) in [6.45, 7) is 5.03. The molecule has 0 aliphatic heterocycles. The van der Waals surface area contributed by atoms with Crippen LogP contribution in [0.15, 0.2) is 16.7 Å². The fraction of sp³-hybridized carbons (Fsp3) is 0.444. The van der Waals surface area contributed by atoms with Crippen molar-refractivity contribution in [3.63, 3.8) is 0 Å². The standard InChI is InChI=1S/C9H11NO5/c1-9(2,3)15-8(11)6-4-5-14-7(6)10(12)13/h4-5H,1-3H3. The Hall–Kier alpha value is -1.85. The smallest absolute Gasteiger partial charge is 0.447 e. The monoisotopic (exact) mass is 213 g/mol. The molecule has 0 saturated heterocycles. The normalized spacial score (nSPS) is 11.1. The molecule has 0 radical (unpaired) electrons. The average Bonchev–Trinajstić information content (AvgIpc) is 2.47. The summed E-state index contributed by atoms with van der Waals surface area (Å²) in [6, 6.07) is 1.21. The van der Waals surface area contributed by atoms with E-state index < -0.39 is 22.4 Å². The van der Waals surface area contributed by atoms with Gasteiger partial charge in [0.15, 0.2) is 5.56 Å². The fourth-order valence-corrected chi connectivity index (χ4v) is 0.931. The van der Waals surface area contributed by atoms with Crippen molar-refractivity contribution in [2.45, 2.75) is 26.4 Å². The van der Waals surface area contributed by atoms with Crippen molar-refractivity contribution in [3.8, 4) is 0 Å². The van der Waals surface area contributed by atoms with E-state index in [1.807, 2.05) is 0 Å². The second kappa shape index (κ2) is 3.72. The predicted molar refractivity (Wildman–Crippen MR) is 50.5 cm³/mol. The van der Waals surface area contributed by atoms with Gasteiger partial charge in [0, 0.05) is 0 Å². The van der Waals surface area contributed by atoms with Crippen molar-refractivity contribution in [3.05, 3.63) is 28.0 Å². The lowest BCUT2D eigenvalue weighted by Gasteiger charge is -2.18. The Bertz CT molecular complexity index is 387. The molecule has 1 heterocycles. The zero-order valence-electron chi connectivity index (χ0n) is 8.64. The highest BCUT2D eigenvalue weighted by Crippen LogP contribution is 2.22. The third-order valence-corrected chi connectivity index (χ3v) is 1.43. The zero-order chi connectivity index (χ0) is 11.6. The number of carbonyl (C=O) groups excluding carboxylic acids is 1. The number of carbonyl (C=O) groups is 1. The highest BCUT2D eigenvalue weighted by atomic mass is 16.6. The molecule has 6 heteroatoms. The van der Waals surface area contributed by atoms with Crippen molar-refractivity contribution in [2.75, 3.05) is 0 Å². The van der Waals surface area contributed by atoms with E-state index in [0.717, 1.165) is 6.26 Å². The van der Waals surface area contributed by atoms with Crippen LogP contribution in [0.1, 0.15) is 31.1 Å². The van der Waals surface area contributed by atoms with Crippen LogP contribution in [0.4, 0.5) is 5.88 Å². The summed E-state index contributed by atoms with van der Waals surface area (Å²) in [7, 11) is 0. The number of furan rings is 1. The Kier molecular flexibility index (Phi) is 2.78. The number of hydrogen-bond acceptors (Lipinski definition) is 5. The highest BCUT2D eigenvalue weighted by molar-refractivity contribution is 5.93. The first-order valence-corrected chi connectivity index (χ1v) is 4.26. The number of nitro groups is 1. The maximum Gasteiger partial charge on any atom is 0.447 e. The average molecular weight is 213 g/mol. The van der Waals surface area contributed by atoms with Crippen LogP contribution in [0.2, 0.25) is 0 Å². The van der Waals surface area contributed by atoms with Gasteiger partial charge in [0.1, 0.15) is 10.5 Å². The van der Waals surface area contributed by atoms with E-state index in [0.29, 0.717) is 0 Å². The van der Waals surface area contributed by atoms with Gasteiger partial charge in [-0.05, 0) is 26.8 Å². The molecule has 0 saturated carbocycles. The number of esters is 1. The first kappa shape index (κ1) is 11.2. The molecule has 6 nitrogen and oxygen atoms in total. The summed E-state index contributed by atoms with van der Waals surface area (Å²) in [4.78, 5) is 21.2. The minimum Gasteiger partial charge on any atom is -0.456 e. The van der Waals surface area contributed by atoms with E-state index in [2.05, 4.69) is 4.42 Å². The van der Waals surface area contributed by atoms with Crippen molar-refractivity contribution in [1.82, 2.24) is 0 Å². The van der Waals surface area contributed by atoms with E-state index in [4.69, 9.17) is 4.74 Å². The molecule has 0 unspecified atom stereocenters. The molecule has 0 aliphatic rings. The maximum atomic E-state index is 11.5. The molecule has 1 aromatic heterocycles. The lowest BCUT2D eigenvalue weighted by atomic mass is 10.2. The minimum atomic E-state index is -0.765. The summed E-state index contributed by atoms with van der Waals surface area (Å²) in [5.74, 6) is -1.35. The maximum absolute atomic E-state index is 11.5. The first-order chi connectivity index (χ1) is 6.81. The zero-order valence-corrected chi connectivity index (χ0v) is 8.64. The van der Waals surface area contributed by atoms with Crippen molar-refractivity contribution in [2.24, 2.45) is 0 Å². The molecule has 0 aliphatic carbocycles. The molecule has 1 rings (SSSR count). The summed E-state index contributed by atoms with van der Waals surface area (Å²) in [5, 5.41) is 10.5. The summed E-state index contributed by atoms with van der Waals surface area (Å²) < 4.78 is 9.53. The Labute approximate surface area is 86.0 Å². The quantitative estimate of drug-likeness (QED) is 0.427. The highest BCUT2D eigenvalue weighted by Gasteiger charge is 2.28. The second-order valence-electron chi connectivity index (χ2n) is 3.90. The van der Waals surface area contributed by atoms with Crippen LogP contribution in [0.3, 0.4) is 0 Å². The van der Waals surface area contributed by atoms with Crippen LogP contribution < -0.4 is 0 Å². The second-order valence-corrected chi connectivity index (χ2v) is 3.90. The van der Waals surface area contributed by atoms with Crippen molar-refractivity contribution < 1.29 is 18.9 Å². The lowest BCUT2D eigenvalue weighted by molar-refractivity contribution is -0.402. The van der Waals surface area contributed by atoms with Gasteiger partial charge in [0.2, 0.25) is 0 Å². The van der Waals surface area contributed by atoms with Gasteiger partial charge in [-0.25, -0.2) is 4.79 Å². The molecule has 82 valence electrons. The molecular weight excluding hydrogens is 202 g/mol. The molecule has 0 spiro atoms. The van der Waals surface area contributed by atoms with E-state index in [9.17, 15) is 14.9 Å². The van der Waals surface area contributed by atoms with Gasteiger partial charge in [-0.3, -0.25) is 10.1 Å². The summed E-state index contributed by atoms with van der Waals surface area (Å²) >= 11 is 0. The topological polar surface area (TPSA) is 82.6 Å². The molecule has 15 heavy (non-hydrogen) atoms. The molecule has 1 aromatic rings. The fourth-order valence-electron chi connectivity index (χ4n) is 0.931. The van der Waals surface area contributed by atoms with E-state index in [-0.39, 0.29) is 5.56 Å². The SMILES string of the molecule is CC(C)(C)OC(=O)c1ccoc1[N+](=O)[O-]. The van der Waals surface area contributed by atoms with Crippen molar-refractivity contribution in [1.29, 1.82) is 0 Å². The van der Waals surface area contributed by atoms with Crippen molar-refractivity contribution >= 4 is 11.9 Å². The van der Waals surface area contributed by atoms with Gasteiger partial charge in [0.05, 0.1) is 6.26 Å². The number of nitrogens with zero attached hydrogens (tertiary/aromatic N) is 1. The summed E-state index contributed by atoms with van der Waals surface area (Å²) in [5.41, 5.74) is -0.864. The Balaban J connectivity index is 2.92. The van der Waals surface area contributed by atoms with Crippen LogP contribution in [0.5, 0.6) is 0 Å². The van der Waals surface area contributed by atoms with E-state index in [1.54, 1.807) is 20.8 Å². The number of hydrogen-bond donors (Lipinski definition) is 0. The predicted octanol–water partition coefficient (Wildman–Crippen LogP) is 2.14. The van der Waals surface area contributed by atoms with Gasteiger partial charge in [-0.2, -0.15) is 0 Å². The van der Waals surface area contributed by atoms with Crippen LogP contribution in [-0.2, 0) is 4.74 Å². The minimum absolute atomic E-state index is 0.171. The van der Waals surface area contributed by atoms with Crippen LogP contribution in [0.25, 0.3) is 0 Å². The molecule has 0 amide bonds. The van der Waals surface area contributed by atoms with E-state index >= 15 is 0 Å². The van der Waals surface area contributed by atoms with Gasteiger partial charge in [0.25, 0.3) is 0 Å².